The molecule has 0 amide bonds. The number of imidazole rings is 1. The summed E-state index contributed by atoms with van der Waals surface area (Å²) in [7, 11) is -0.280. The Balaban J connectivity index is 2.45. The lowest BCUT2D eigenvalue weighted by atomic mass is 10.7. The normalized spacial score (nSPS) is 17.3. The molecular weight excluding hydrogens is 216 g/mol. The van der Waals surface area contributed by atoms with Crippen molar-refractivity contribution < 1.29 is 8.42 Å². The third kappa shape index (κ3) is 1.61. The van der Waals surface area contributed by atoms with Gasteiger partial charge in [0.25, 0.3) is 10.0 Å². The average molecular weight is 230 g/mol. The predicted molar refractivity (Wildman–Crippen MR) is 55.6 cm³/mol. The molecule has 1 aliphatic carbocycles. The van der Waals surface area contributed by atoms with Gasteiger partial charge in [-0.1, -0.05) is 0 Å². The van der Waals surface area contributed by atoms with Crippen molar-refractivity contribution in [3.05, 3.63) is 6.33 Å². The second-order valence-corrected chi connectivity index (χ2v) is 5.71. The lowest BCUT2D eigenvalue weighted by Gasteiger charge is -2.16. The third-order valence-corrected chi connectivity index (χ3v) is 4.64. The van der Waals surface area contributed by atoms with Gasteiger partial charge in [0.15, 0.2) is 10.8 Å². The molecule has 84 valence electrons. The number of aromatic nitrogens is 2. The molecule has 2 N–H and O–H groups in total. The van der Waals surface area contributed by atoms with Gasteiger partial charge in [-0.2, -0.15) is 4.31 Å². The first-order valence-electron chi connectivity index (χ1n) is 4.69. The summed E-state index contributed by atoms with van der Waals surface area (Å²) in [5.74, 6) is 0.0602. The van der Waals surface area contributed by atoms with Gasteiger partial charge in [0.1, 0.15) is 0 Å². The van der Waals surface area contributed by atoms with Crippen LogP contribution < -0.4 is 5.73 Å². The lowest BCUT2D eigenvalue weighted by Crippen LogP contribution is -2.30. The Morgan fingerprint density at radius 1 is 1.60 bits per heavy atom. The summed E-state index contributed by atoms with van der Waals surface area (Å²) >= 11 is 0. The van der Waals surface area contributed by atoms with Crippen molar-refractivity contribution in [2.45, 2.75) is 23.9 Å². The van der Waals surface area contributed by atoms with Gasteiger partial charge < -0.3 is 10.3 Å². The molecule has 1 aromatic rings. The Morgan fingerprint density at radius 3 is 2.60 bits per heavy atom. The van der Waals surface area contributed by atoms with Crippen molar-refractivity contribution in [1.82, 2.24) is 13.9 Å². The number of hydrogen-bond donors (Lipinski definition) is 1. The molecule has 0 spiro atoms. The van der Waals surface area contributed by atoms with Crippen LogP contribution in [-0.4, -0.2) is 35.4 Å². The minimum Gasteiger partial charge on any atom is -0.381 e. The Morgan fingerprint density at radius 2 is 2.20 bits per heavy atom. The van der Waals surface area contributed by atoms with Gasteiger partial charge in [-0.3, -0.25) is 0 Å². The van der Waals surface area contributed by atoms with Crippen LogP contribution in [0.5, 0.6) is 0 Å². The molecule has 1 saturated carbocycles. The number of sulfonamides is 1. The molecule has 0 aromatic carbocycles. The fourth-order valence-corrected chi connectivity index (χ4v) is 3.13. The number of nitrogens with two attached hydrogens (primary N) is 1. The molecule has 2 rings (SSSR count). The van der Waals surface area contributed by atoms with E-state index in [0.717, 1.165) is 12.8 Å². The lowest BCUT2D eigenvalue weighted by molar-refractivity contribution is 0.458. The van der Waals surface area contributed by atoms with Gasteiger partial charge in [-0.15, -0.1) is 0 Å². The highest BCUT2D eigenvalue weighted by molar-refractivity contribution is 7.89. The highest BCUT2D eigenvalue weighted by Gasteiger charge is 2.37. The van der Waals surface area contributed by atoms with E-state index in [1.54, 1.807) is 14.1 Å². The van der Waals surface area contributed by atoms with Crippen LogP contribution in [0.1, 0.15) is 12.8 Å². The zero-order valence-electron chi connectivity index (χ0n) is 8.71. The Bertz CT molecular complexity index is 455. The molecule has 0 saturated heterocycles. The van der Waals surface area contributed by atoms with E-state index in [1.165, 1.54) is 15.2 Å². The molecule has 1 aliphatic rings. The fraction of sp³-hybridized carbons (Fsp3) is 0.625. The molecule has 6 nitrogen and oxygen atoms in total. The Kier molecular flexibility index (Phi) is 2.23. The van der Waals surface area contributed by atoms with Gasteiger partial charge in [0.05, 0.1) is 6.33 Å². The van der Waals surface area contributed by atoms with E-state index in [2.05, 4.69) is 4.98 Å². The second-order valence-electron chi connectivity index (χ2n) is 3.80. The molecule has 15 heavy (non-hydrogen) atoms. The SMILES string of the molecule is CN(C1CC1)S(=O)(=O)c1c(N)ncn1C. The predicted octanol–water partition coefficient (Wildman–Crippen LogP) is -0.215. The molecule has 0 bridgehead atoms. The number of nitrogens with zero attached hydrogens (tertiary/aromatic N) is 3. The summed E-state index contributed by atoms with van der Waals surface area (Å²) in [5, 5.41) is 0.0805. The van der Waals surface area contributed by atoms with E-state index in [4.69, 9.17) is 5.73 Å². The highest BCUT2D eigenvalue weighted by Crippen LogP contribution is 2.31. The summed E-state index contributed by atoms with van der Waals surface area (Å²) in [6, 6.07) is 0.129. The maximum atomic E-state index is 12.1. The number of nitrogen functional groups attached to an aromatic ring is 1. The van der Waals surface area contributed by atoms with Crippen LogP contribution in [0.2, 0.25) is 0 Å². The van der Waals surface area contributed by atoms with Crippen LogP contribution in [0.25, 0.3) is 0 Å². The summed E-state index contributed by atoms with van der Waals surface area (Å²) in [6.45, 7) is 0. The first-order chi connectivity index (χ1) is 6.94. The van der Waals surface area contributed by atoms with Crippen molar-refractivity contribution in [2.75, 3.05) is 12.8 Å². The van der Waals surface area contributed by atoms with Gasteiger partial charge in [-0.25, -0.2) is 13.4 Å². The van der Waals surface area contributed by atoms with Crippen LogP contribution in [0.4, 0.5) is 5.82 Å². The van der Waals surface area contributed by atoms with Crippen LogP contribution in [0, 0.1) is 0 Å². The molecule has 0 unspecified atom stereocenters. The molecule has 1 fully saturated rings. The molecule has 0 atom stereocenters. The molecule has 1 heterocycles. The van der Waals surface area contributed by atoms with E-state index in [-0.39, 0.29) is 16.9 Å². The van der Waals surface area contributed by atoms with Crippen molar-refractivity contribution in [3.63, 3.8) is 0 Å². The number of anilines is 1. The number of rotatable bonds is 3. The zero-order chi connectivity index (χ0) is 11.2. The van der Waals surface area contributed by atoms with Gasteiger partial charge in [-0.05, 0) is 12.8 Å². The van der Waals surface area contributed by atoms with Crippen molar-refractivity contribution in [1.29, 1.82) is 0 Å². The monoisotopic (exact) mass is 230 g/mol. The molecular formula is C8H14N4O2S. The van der Waals surface area contributed by atoms with E-state index in [0.29, 0.717) is 0 Å². The fourth-order valence-electron chi connectivity index (χ4n) is 1.52. The third-order valence-electron chi connectivity index (χ3n) is 2.59. The summed E-state index contributed by atoms with van der Waals surface area (Å²) in [6.07, 6.45) is 3.25. The number of aryl methyl sites for hydroxylation is 1. The first kappa shape index (κ1) is 10.4. The Labute approximate surface area is 88.7 Å². The summed E-state index contributed by atoms with van der Waals surface area (Å²) < 4.78 is 27.0. The van der Waals surface area contributed by atoms with Crippen LogP contribution in [0.15, 0.2) is 11.4 Å². The zero-order valence-corrected chi connectivity index (χ0v) is 9.53. The van der Waals surface area contributed by atoms with E-state index >= 15 is 0 Å². The van der Waals surface area contributed by atoms with E-state index < -0.39 is 10.0 Å². The van der Waals surface area contributed by atoms with Crippen LogP contribution in [0.3, 0.4) is 0 Å². The van der Waals surface area contributed by atoms with Crippen LogP contribution >= 0.6 is 0 Å². The quantitative estimate of drug-likeness (QED) is 0.778. The molecule has 7 heteroatoms. The maximum Gasteiger partial charge on any atom is 0.262 e. The summed E-state index contributed by atoms with van der Waals surface area (Å²) in [4.78, 5) is 3.78. The van der Waals surface area contributed by atoms with Gasteiger partial charge >= 0.3 is 0 Å². The Hall–Kier alpha value is -1.08. The van der Waals surface area contributed by atoms with Crippen LogP contribution in [-0.2, 0) is 17.1 Å². The molecule has 0 aliphatic heterocycles. The standard InChI is InChI=1S/C8H14N4O2S/c1-11-5-10-7(9)8(11)15(13,14)12(2)6-3-4-6/h5-6H,3-4,9H2,1-2H3. The largest absolute Gasteiger partial charge is 0.381 e. The molecule has 0 radical (unpaired) electrons. The molecule has 1 aromatic heterocycles. The number of hydrogen-bond acceptors (Lipinski definition) is 4. The maximum absolute atomic E-state index is 12.1. The second kappa shape index (κ2) is 3.21. The minimum absolute atomic E-state index is 0.0602. The summed E-state index contributed by atoms with van der Waals surface area (Å²) in [5.41, 5.74) is 5.55. The van der Waals surface area contributed by atoms with Crippen molar-refractivity contribution in [2.24, 2.45) is 7.05 Å². The van der Waals surface area contributed by atoms with Crippen molar-refractivity contribution in [3.8, 4) is 0 Å². The van der Waals surface area contributed by atoms with Crippen molar-refractivity contribution >= 4 is 15.8 Å². The smallest absolute Gasteiger partial charge is 0.262 e. The topological polar surface area (TPSA) is 81.2 Å². The first-order valence-corrected chi connectivity index (χ1v) is 6.13. The van der Waals surface area contributed by atoms with Gasteiger partial charge in [0, 0.05) is 20.1 Å². The average Bonchev–Trinajstić information content (AvgIpc) is 2.92. The van der Waals surface area contributed by atoms with Gasteiger partial charge in [0.2, 0.25) is 0 Å². The minimum atomic E-state index is -3.48. The highest BCUT2D eigenvalue weighted by atomic mass is 32.2. The van der Waals surface area contributed by atoms with E-state index in [1.807, 2.05) is 0 Å². The van der Waals surface area contributed by atoms with E-state index in [9.17, 15) is 8.42 Å².